The minimum Gasteiger partial charge on any atom is -0.494 e. The highest BCUT2D eigenvalue weighted by atomic mass is 79.9. The number of ether oxygens (including phenoxy) is 3. The van der Waals surface area contributed by atoms with Crippen molar-refractivity contribution >= 4 is 21.7 Å². The van der Waals surface area contributed by atoms with Crippen molar-refractivity contribution in [2.75, 3.05) is 13.2 Å². The van der Waals surface area contributed by atoms with Gasteiger partial charge in [0.2, 0.25) is 0 Å². The van der Waals surface area contributed by atoms with Crippen LogP contribution in [0.5, 0.6) is 17.2 Å². The SMILES string of the molecule is CCOc1cc(OCC)c2c(c1)O[C@@]1(c3ccc(Br)cc3)C(c3ccccc3)CC(=O)CC21O. The fraction of sp³-hybridized carbons (Fsp3) is 0.321. The molecule has 0 saturated heterocycles. The van der Waals surface area contributed by atoms with Gasteiger partial charge in [-0.05, 0) is 37.1 Å². The standard InChI is InChI=1S/C28H27BrO5/c1-3-32-22-15-24(33-4-2)26-25(16-22)34-28(19-10-12-20(29)13-11-19)23(18-8-6-5-7-9-18)14-21(30)17-27(26,28)31/h5-13,15-16,23,31H,3-4,14,17H2,1-2H3/t23?,27?,28-/m0/s1. The predicted molar refractivity (Wildman–Crippen MR) is 133 cm³/mol. The minimum absolute atomic E-state index is 0.0168. The van der Waals surface area contributed by atoms with Gasteiger partial charge in [0.05, 0.1) is 18.8 Å². The molecule has 1 saturated carbocycles. The number of rotatable bonds is 6. The fourth-order valence-corrected chi connectivity index (χ4v) is 5.82. The molecule has 2 aliphatic rings. The molecule has 0 bridgehead atoms. The monoisotopic (exact) mass is 522 g/mol. The topological polar surface area (TPSA) is 65.0 Å². The average Bonchev–Trinajstić information content (AvgIpc) is 3.09. The highest BCUT2D eigenvalue weighted by Crippen LogP contribution is 2.66. The normalized spacial score (nSPS) is 25.3. The number of ketones is 1. The van der Waals surface area contributed by atoms with Crippen LogP contribution in [0.2, 0.25) is 0 Å². The lowest BCUT2D eigenvalue weighted by Crippen LogP contribution is -2.57. The molecular formula is C28H27BrO5. The van der Waals surface area contributed by atoms with Crippen molar-refractivity contribution in [3.63, 3.8) is 0 Å². The number of hydrogen-bond donors (Lipinski definition) is 1. The molecule has 5 nitrogen and oxygen atoms in total. The van der Waals surface area contributed by atoms with Crippen LogP contribution in [0.4, 0.5) is 0 Å². The van der Waals surface area contributed by atoms with Crippen molar-refractivity contribution in [1.82, 2.24) is 0 Å². The number of carbonyl (C=O) groups is 1. The summed E-state index contributed by atoms with van der Waals surface area (Å²) in [6, 6.07) is 21.2. The number of halogens is 1. The number of carbonyl (C=O) groups excluding carboxylic acids is 1. The molecule has 34 heavy (non-hydrogen) atoms. The van der Waals surface area contributed by atoms with E-state index in [1.54, 1.807) is 12.1 Å². The summed E-state index contributed by atoms with van der Waals surface area (Å²) >= 11 is 3.52. The molecule has 0 amide bonds. The first-order chi connectivity index (χ1) is 16.4. The van der Waals surface area contributed by atoms with Crippen LogP contribution in [0.1, 0.15) is 49.3 Å². The highest BCUT2D eigenvalue weighted by Gasteiger charge is 2.68. The van der Waals surface area contributed by atoms with Gasteiger partial charge in [-0.1, -0.05) is 58.4 Å². The summed E-state index contributed by atoms with van der Waals surface area (Å²) < 4.78 is 19.5. The van der Waals surface area contributed by atoms with Crippen LogP contribution in [-0.4, -0.2) is 24.1 Å². The second-order valence-corrected chi connectivity index (χ2v) is 9.66. The lowest BCUT2D eigenvalue weighted by Gasteiger charge is -2.49. The van der Waals surface area contributed by atoms with Crippen molar-refractivity contribution in [2.24, 2.45) is 0 Å². The zero-order chi connectivity index (χ0) is 23.9. The molecule has 6 heteroatoms. The molecule has 1 N–H and O–H groups in total. The van der Waals surface area contributed by atoms with Gasteiger partial charge in [-0.25, -0.2) is 0 Å². The van der Waals surface area contributed by atoms with E-state index in [0.717, 1.165) is 15.6 Å². The molecule has 1 fully saturated rings. The van der Waals surface area contributed by atoms with E-state index in [2.05, 4.69) is 15.9 Å². The van der Waals surface area contributed by atoms with Gasteiger partial charge < -0.3 is 19.3 Å². The third-order valence-electron chi connectivity index (χ3n) is 6.80. The smallest absolute Gasteiger partial charge is 0.174 e. The summed E-state index contributed by atoms with van der Waals surface area (Å²) in [6.45, 7) is 4.69. The second-order valence-electron chi connectivity index (χ2n) is 8.75. The van der Waals surface area contributed by atoms with Gasteiger partial charge >= 0.3 is 0 Å². The number of benzene rings is 3. The van der Waals surface area contributed by atoms with E-state index in [1.165, 1.54) is 0 Å². The summed E-state index contributed by atoms with van der Waals surface area (Å²) in [6.07, 6.45) is 0.201. The first kappa shape index (κ1) is 22.9. The van der Waals surface area contributed by atoms with Crippen molar-refractivity contribution in [3.8, 4) is 17.2 Å². The van der Waals surface area contributed by atoms with Crippen LogP contribution >= 0.6 is 15.9 Å². The molecule has 1 aliphatic heterocycles. The largest absolute Gasteiger partial charge is 0.494 e. The van der Waals surface area contributed by atoms with E-state index < -0.39 is 17.1 Å². The average molecular weight is 523 g/mol. The first-order valence-electron chi connectivity index (χ1n) is 11.6. The van der Waals surface area contributed by atoms with Crippen molar-refractivity contribution in [3.05, 3.63) is 87.9 Å². The fourth-order valence-electron chi connectivity index (χ4n) is 5.56. The number of aliphatic hydroxyl groups is 1. The maximum Gasteiger partial charge on any atom is 0.174 e. The third-order valence-corrected chi connectivity index (χ3v) is 7.33. The maximum atomic E-state index is 13.2. The molecule has 3 atom stereocenters. The molecule has 0 aromatic heterocycles. The van der Waals surface area contributed by atoms with Gasteiger partial charge in [-0.2, -0.15) is 0 Å². The Labute approximate surface area is 207 Å². The zero-order valence-corrected chi connectivity index (χ0v) is 20.8. The van der Waals surface area contributed by atoms with E-state index >= 15 is 0 Å². The zero-order valence-electron chi connectivity index (χ0n) is 19.2. The van der Waals surface area contributed by atoms with Crippen LogP contribution in [0.15, 0.2) is 71.2 Å². The molecule has 1 heterocycles. The van der Waals surface area contributed by atoms with E-state index in [0.29, 0.717) is 36.0 Å². The van der Waals surface area contributed by atoms with Crippen LogP contribution < -0.4 is 14.2 Å². The molecule has 3 aromatic rings. The van der Waals surface area contributed by atoms with Crippen molar-refractivity contribution in [1.29, 1.82) is 0 Å². The second kappa shape index (κ2) is 8.75. The van der Waals surface area contributed by atoms with Crippen molar-refractivity contribution < 1.29 is 24.1 Å². The summed E-state index contributed by atoms with van der Waals surface area (Å²) in [7, 11) is 0. The third kappa shape index (κ3) is 3.43. The van der Waals surface area contributed by atoms with E-state index in [9.17, 15) is 9.90 Å². The lowest BCUT2D eigenvalue weighted by molar-refractivity contribution is -0.170. The van der Waals surface area contributed by atoms with Crippen molar-refractivity contribution in [2.45, 2.75) is 43.8 Å². The van der Waals surface area contributed by atoms with Gasteiger partial charge in [0, 0.05) is 35.4 Å². The molecular weight excluding hydrogens is 496 g/mol. The van der Waals surface area contributed by atoms with E-state index in [4.69, 9.17) is 14.2 Å². The molecule has 0 radical (unpaired) electrons. The first-order valence-corrected chi connectivity index (χ1v) is 12.4. The Kier molecular flexibility index (Phi) is 5.90. The predicted octanol–water partition coefficient (Wildman–Crippen LogP) is 5.87. The van der Waals surface area contributed by atoms with Gasteiger partial charge in [0.1, 0.15) is 28.6 Å². The van der Waals surface area contributed by atoms with E-state index in [1.807, 2.05) is 68.4 Å². The molecule has 5 rings (SSSR count). The summed E-state index contributed by atoms with van der Waals surface area (Å²) in [5.41, 5.74) is -0.595. The minimum atomic E-state index is -1.62. The van der Waals surface area contributed by atoms with Gasteiger partial charge in [0.25, 0.3) is 0 Å². The number of Topliss-reactive ketones (excluding diaryl/α,β-unsaturated/α-hetero) is 1. The van der Waals surface area contributed by atoms with Gasteiger partial charge in [0.15, 0.2) is 5.60 Å². The molecule has 1 aliphatic carbocycles. The summed E-state index contributed by atoms with van der Waals surface area (Å²) in [5.74, 6) is 1.14. The number of fused-ring (bicyclic) bond motifs is 3. The summed E-state index contributed by atoms with van der Waals surface area (Å²) in [4.78, 5) is 13.2. The molecule has 176 valence electrons. The van der Waals surface area contributed by atoms with Gasteiger partial charge in [-0.3, -0.25) is 4.79 Å². The van der Waals surface area contributed by atoms with Crippen LogP contribution in [-0.2, 0) is 16.0 Å². The van der Waals surface area contributed by atoms with Crippen LogP contribution in [0, 0.1) is 0 Å². The van der Waals surface area contributed by atoms with Crippen LogP contribution in [0.3, 0.4) is 0 Å². The van der Waals surface area contributed by atoms with E-state index in [-0.39, 0.29) is 18.6 Å². The molecule has 2 unspecified atom stereocenters. The molecule has 3 aromatic carbocycles. The Morgan fingerprint density at radius 2 is 1.74 bits per heavy atom. The Bertz CT molecular complexity index is 1210. The maximum absolute atomic E-state index is 13.2. The Morgan fingerprint density at radius 1 is 1.03 bits per heavy atom. The quantitative estimate of drug-likeness (QED) is 0.438. The lowest BCUT2D eigenvalue weighted by atomic mass is 9.59. The molecule has 0 spiro atoms. The Hall–Kier alpha value is -2.83. The highest BCUT2D eigenvalue weighted by molar-refractivity contribution is 9.10. The van der Waals surface area contributed by atoms with Crippen LogP contribution in [0.25, 0.3) is 0 Å². The Balaban J connectivity index is 1.81. The number of hydrogen-bond acceptors (Lipinski definition) is 5. The summed E-state index contributed by atoms with van der Waals surface area (Å²) in [5, 5.41) is 12.6. The Morgan fingerprint density at radius 3 is 2.41 bits per heavy atom. The van der Waals surface area contributed by atoms with Gasteiger partial charge in [-0.15, -0.1) is 0 Å².